The lowest BCUT2D eigenvalue weighted by Crippen LogP contribution is -2.48. The number of rotatable bonds is 3. The van der Waals surface area contributed by atoms with Gasteiger partial charge in [-0.3, -0.25) is 14.4 Å². The summed E-state index contributed by atoms with van der Waals surface area (Å²) in [7, 11) is 0. The lowest BCUT2D eigenvalue weighted by molar-refractivity contribution is 0.0634. The van der Waals surface area contributed by atoms with Crippen LogP contribution in [0.4, 0.5) is 0 Å². The fraction of sp³-hybridized carbons (Fsp3) is 0.286. The van der Waals surface area contributed by atoms with Crippen LogP contribution in [0.1, 0.15) is 34.5 Å². The highest BCUT2D eigenvalue weighted by atomic mass is 35.5. The number of aryl methyl sites for hydroxylation is 1. The fourth-order valence-electron chi connectivity index (χ4n) is 3.63. The Kier molecular flexibility index (Phi) is 6.20. The Labute approximate surface area is 173 Å². The number of carbonyl (C=O) groups is 1. The number of nitrogens with zero attached hydrogens (tertiary/aromatic N) is 1. The van der Waals surface area contributed by atoms with Gasteiger partial charge in [-0.05, 0) is 35.7 Å². The van der Waals surface area contributed by atoms with Gasteiger partial charge in [0.2, 0.25) is 0 Å². The number of nitrogens with one attached hydrogen (secondary N) is 3. The van der Waals surface area contributed by atoms with E-state index in [1.54, 1.807) is 18.2 Å². The Morgan fingerprint density at radius 3 is 2.41 bits per heavy atom. The molecule has 1 unspecified atom stereocenters. The molecule has 1 aliphatic rings. The second-order valence-electron chi connectivity index (χ2n) is 6.98. The zero-order valence-corrected chi connectivity index (χ0v) is 16.8. The molecule has 1 fully saturated rings. The van der Waals surface area contributed by atoms with Crippen molar-refractivity contribution in [2.75, 3.05) is 19.6 Å². The number of piperazine rings is 1. The molecule has 3 aromatic rings. The molecule has 29 heavy (non-hydrogen) atoms. The average molecular weight is 415 g/mol. The van der Waals surface area contributed by atoms with Gasteiger partial charge in [-0.1, -0.05) is 31.2 Å². The number of aromatic amines is 2. The van der Waals surface area contributed by atoms with Gasteiger partial charge in [-0.15, -0.1) is 12.4 Å². The first-order valence-corrected chi connectivity index (χ1v) is 9.43. The molecule has 2 heterocycles. The summed E-state index contributed by atoms with van der Waals surface area (Å²) in [5.74, 6) is -0.0972. The first-order valence-electron chi connectivity index (χ1n) is 9.43. The Hall–Kier alpha value is -2.90. The van der Waals surface area contributed by atoms with E-state index in [1.807, 2.05) is 4.90 Å². The van der Waals surface area contributed by atoms with Crippen molar-refractivity contribution in [2.45, 2.75) is 19.4 Å². The van der Waals surface area contributed by atoms with Crippen molar-refractivity contribution in [2.24, 2.45) is 0 Å². The van der Waals surface area contributed by atoms with E-state index in [1.165, 1.54) is 5.56 Å². The second kappa shape index (κ2) is 8.63. The summed E-state index contributed by atoms with van der Waals surface area (Å²) >= 11 is 0. The smallest absolute Gasteiger partial charge is 0.314 e. The summed E-state index contributed by atoms with van der Waals surface area (Å²) in [4.78, 5) is 43.2. The van der Waals surface area contributed by atoms with E-state index in [9.17, 15) is 14.4 Å². The van der Waals surface area contributed by atoms with Crippen molar-refractivity contribution in [3.05, 3.63) is 79.9 Å². The first kappa shape index (κ1) is 20.8. The molecule has 1 amide bonds. The van der Waals surface area contributed by atoms with Crippen LogP contribution in [0, 0.1) is 0 Å². The Balaban J connectivity index is 0.00000240. The largest absolute Gasteiger partial charge is 0.329 e. The molecule has 0 spiro atoms. The molecule has 1 aromatic heterocycles. The molecular formula is C21H23ClN4O3. The molecule has 1 saturated heterocycles. The predicted molar refractivity (Wildman–Crippen MR) is 115 cm³/mol. The molecule has 152 valence electrons. The summed E-state index contributed by atoms with van der Waals surface area (Å²) < 4.78 is 0. The van der Waals surface area contributed by atoms with E-state index in [4.69, 9.17) is 0 Å². The number of fused-ring (bicyclic) bond motifs is 1. The van der Waals surface area contributed by atoms with Gasteiger partial charge in [-0.25, -0.2) is 0 Å². The summed E-state index contributed by atoms with van der Waals surface area (Å²) in [6.07, 6.45) is 0.975. The van der Waals surface area contributed by atoms with Crippen LogP contribution in [0.2, 0.25) is 0 Å². The number of carbonyl (C=O) groups excluding carboxylic acids is 1. The third-order valence-electron chi connectivity index (χ3n) is 5.25. The number of benzene rings is 2. The highest BCUT2D eigenvalue weighted by Gasteiger charge is 2.28. The van der Waals surface area contributed by atoms with Gasteiger partial charge >= 0.3 is 11.1 Å². The standard InChI is InChI=1S/C21H22N4O3.ClH/c1-2-13-3-5-14(6-4-13)18-12-22-9-10-25(18)21(28)15-7-8-16-17(11-15)24-20(27)19(26)23-16;/h3-8,11,18,22H,2,9-10,12H2,1H3,(H,23,26)(H,24,27);1H. The summed E-state index contributed by atoms with van der Waals surface area (Å²) in [5.41, 5.74) is 2.33. The van der Waals surface area contributed by atoms with Crippen LogP contribution in [0.3, 0.4) is 0 Å². The van der Waals surface area contributed by atoms with Crippen molar-refractivity contribution in [3.63, 3.8) is 0 Å². The Morgan fingerprint density at radius 1 is 1.03 bits per heavy atom. The maximum Gasteiger partial charge on any atom is 0.314 e. The Bertz CT molecular complexity index is 1140. The van der Waals surface area contributed by atoms with E-state index >= 15 is 0 Å². The third kappa shape index (κ3) is 4.11. The number of hydrogen-bond acceptors (Lipinski definition) is 4. The number of hydrogen-bond donors (Lipinski definition) is 3. The van der Waals surface area contributed by atoms with Crippen LogP contribution in [-0.4, -0.2) is 40.4 Å². The van der Waals surface area contributed by atoms with Crippen LogP contribution >= 0.6 is 12.4 Å². The quantitative estimate of drug-likeness (QED) is 0.571. The molecule has 0 aliphatic carbocycles. The van der Waals surface area contributed by atoms with Crippen LogP contribution in [-0.2, 0) is 6.42 Å². The van der Waals surface area contributed by atoms with E-state index < -0.39 is 11.1 Å². The van der Waals surface area contributed by atoms with E-state index in [0.29, 0.717) is 29.7 Å². The minimum atomic E-state index is -0.729. The topological polar surface area (TPSA) is 98.1 Å². The maximum absolute atomic E-state index is 13.2. The van der Waals surface area contributed by atoms with Gasteiger partial charge in [0.1, 0.15) is 0 Å². The Morgan fingerprint density at radius 2 is 1.72 bits per heavy atom. The van der Waals surface area contributed by atoms with Gasteiger partial charge in [0.15, 0.2) is 0 Å². The van der Waals surface area contributed by atoms with Crippen molar-refractivity contribution in [1.82, 2.24) is 20.2 Å². The highest BCUT2D eigenvalue weighted by molar-refractivity contribution is 5.97. The molecule has 7 nitrogen and oxygen atoms in total. The van der Waals surface area contributed by atoms with E-state index in [-0.39, 0.29) is 24.4 Å². The summed E-state index contributed by atoms with van der Waals surface area (Å²) in [5, 5.41) is 3.36. The molecule has 0 bridgehead atoms. The molecule has 0 radical (unpaired) electrons. The molecule has 8 heteroatoms. The molecule has 2 aromatic carbocycles. The van der Waals surface area contributed by atoms with Gasteiger partial charge in [0.25, 0.3) is 5.91 Å². The monoisotopic (exact) mass is 414 g/mol. The minimum Gasteiger partial charge on any atom is -0.329 e. The zero-order valence-electron chi connectivity index (χ0n) is 16.0. The molecule has 1 aliphatic heterocycles. The molecule has 3 N–H and O–H groups in total. The summed E-state index contributed by atoms with van der Waals surface area (Å²) in [6.45, 7) is 4.13. The van der Waals surface area contributed by atoms with Crippen molar-refractivity contribution >= 4 is 29.3 Å². The van der Waals surface area contributed by atoms with Crippen LogP contribution < -0.4 is 16.4 Å². The number of H-pyrrole nitrogens is 2. The SMILES string of the molecule is CCc1ccc(C2CNCCN2C(=O)c2ccc3[nH]c(=O)c(=O)[nH]c3c2)cc1.Cl. The van der Waals surface area contributed by atoms with E-state index in [2.05, 4.69) is 46.5 Å². The van der Waals surface area contributed by atoms with Gasteiger partial charge in [0, 0.05) is 25.2 Å². The van der Waals surface area contributed by atoms with Crippen molar-refractivity contribution < 1.29 is 4.79 Å². The molecule has 4 rings (SSSR count). The van der Waals surface area contributed by atoms with Crippen LogP contribution in [0.15, 0.2) is 52.1 Å². The normalized spacial score (nSPS) is 16.4. The third-order valence-corrected chi connectivity index (χ3v) is 5.25. The van der Waals surface area contributed by atoms with Crippen molar-refractivity contribution in [3.8, 4) is 0 Å². The maximum atomic E-state index is 13.2. The summed E-state index contributed by atoms with van der Waals surface area (Å²) in [6, 6.07) is 13.3. The lowest BCUT2D eigenvalue weighted by Gasteiger charge is -2.36. The number of aromatic nitrogens is 2. The second-order valence-corrected chi connectivity index (χ2v) is 6.98. The van der Waals surface area contributed by atoms with Crippen molar-refractivity contribution in [1.29, 1.82) is 0 Å². The number of amides is 1. The molecular weight excluding hydrogens is 392 g/mol. The first-order chi connectivity index (χ1) is 13.6. The van der Waals surface area contributed by atoms with Gasteiger partial charge < -0.3 is 20.2 Å². The highest BCUT2D eigenvalue weighted by Crippen LogP contribution is 2.25. The van der Waals surface area contributed by atoms with Gasteiger partial charge in [-0.2, -0.15) is 0 Å². The van der Waals surface area contributed by atoms with Gasteiger partial charge in [0.05, 0.1) is 17.1 Å². The minimum absolute atomic E-state index is 0. The average Bonchev–Trinajstić information content (AvgIpc) is 2.74. The lowest BCUT2D eigenvalue weighted by atomic mass is 10.00. The molecule has 0 saturated carbocycles. The van der Waals surface area contributed by atoms with Crippen LogP contribution in [0.25, 0.3) is 11.0 Å². The zero-order chi connectivity index (χ0) is 19.7. The fourth-order valence-corrected chi connectivity index (χ4v) is 3.63. The van der Waals surface area contributed by atoms with Crippen LogP contribution in [0.5, 0.6) is 0 Å². The molecule has 1 atom stereocenters. The number of halogens is 1. The van der Waals surface area contributed by atoms with E-state index in [0.717, 1.165) is 18.5 Å². The predicted octanol–water partition coefficient (Wildman–Crippen LogP) is 1.99.